The summed E-state index contributed by atoms with van der Waals surface area (Å²) in [6.07, 6.45) is 1.69. The quantitative estimate of drug-likeness (QED) is 0.552. The maximum atomic E-state index is 11.1. The van der Waals surface area contributed by atoms with E-state index in [1.165, 1.54) is 0 Å². The Kier molecular flexibility index (Phi) is 1.53. The van der Waals surface area contributed by atoms with Gasteiger partial charge in [-0.1, -0.05) is 6.07 Å². The van der Waals surface area contributed by atoms with Gasteiger partial charge in [-0.15, -0.1) is 0 Å². The molecule has 2 aromatic heterocycles. The fourth-order valence-electron chi connectivity index (χ4n) is 1.62. The van der Waals surface area contributed by atoms with Crippen LogP contribution in [0.15, 0.2) is 35.3 Å². The number of imidazole rings is 1. The molecule has 1 aromatic carbocycles. The van der Waals surface area contributed by atoms with Gasteiger partial charge in [0, 0.05) is 11.8 Å². The summed E-state index contributed by atoms with van der Waals surface area (Å²) in [4.78, 5) is 16.5. The predicted octanol–water partition coefficient (Wildman–Crippen LogP) is 1.25. The molecule has 0 spiro atoms. The van der Waals surface area contributed by atoms with Crippen molar-refractivity contribution in [1.82, 2.24) is 20.2 Å². The van der Waals surface area contributed by atoms with Gasteiger partial charge >= 0.3 is 5.69 Å². The summed E-state index contributed by atoms with van der Waals surface area (Å²) in [5.74, 6) is 0. The number of aromatic nitrogens is 4. The van der Waals surface area contributed by atoms with Crippen molar-refractivity contribution in [3.63, 3.8) is 0 Å². The minimum atomic E-state index is -0.188. The van der Waals surface area contributed by atoms with Crippen LogP contribution in [0.2, 0.25) is 0 Å². The topological polar surface area (TPSA) is 77.3 Å². The van der Waals surface area contributed by atoms with E-state index in [-0.39, 0.29) is 5.69 Å². The van der Waals surface area contributed by atoms with E-state index in [0.717, 1.165) is 22.3 Å². The van der Waals surface area contributed by atoms with E-state index in [4.69, 9.17) is 0 Å². The van der Waals surface area contributed by atoms with Crippen molar-refractivity contribution < 1.29 is 0 Å². The molecule has 2 heterocycles. The van der Waals surface area contributed by atoms with Crippen molar-refractivity contribution in [1.29, 1.82) is 0 Å². The lowest BCUT2D eigenvalue weighted by atomic mass is 10.1. The highest BCUT2D eigenvalue weighted by Crippen LogP contribution is 2.19. The van der Waals surface area contributed by atoms with Crippen molar-refractivity contribution >= 4 is 11.0 Å². The highest BCUT2D eigenvalue weighted by Gasteiger charge is 2.02. The fraction of sp³-hybridized carbons (Fsp3) is 0. The summed E-state index contributed by atoms with van der Waals surface area (Å²) in [7, 11) is 0. The van der Waals surface area contributed by atoms with Crippen LogP contribution in [0.3, 0.4) is 0 Å². The standard InChI is InChI=1S/C10H8N4O/c15-10-12-8-2-1-6(5-9(8)13-10)7-3-4-11-14-7/h1-5H,(H,11,14)(H2,12,13,15). The molecule has 0 aliphatic carbocycles. The SMILES string of the molecule is O=c1[nH]c2ccc(-c3ccn[nH]3)cc2[nH]1. The van der Waals surface area contributed by atoms with Crippen LogP contribution >= 0.6 is 0 Å². The van der Waals surface area contributed by atoms with Crippen LogP contribution in [0.1, 0.15) is 0 Å². The van der Waals surface area contributed by atoms with Crippen molar-refractivity contribution in [3.8, 4) is 11.3 Å². The molecule has 3 N–H and O–H groups in total. The molecule has 5 nitrogen and oxygen atoms in total. The number of rotatable bonds is 1. The summed E-state index contributed by atoms with van der Waals surface area (Å²) < 4.78 is 0. The predicted molar refractivity (Wildman–Crippen MR) is 56.5 cm³/mol. The number of hydrogen-bond donors (Lipinski definition) is 3. The van der Waals surface area contributed by atoms with Gasteiger partial charge in [-0.3, -0.25) is 5.10 Å². The van der Waals surface area contributed by atoms with Crippen LogP contribution in [-0.2, 0) is 0 Å². The number of H-pyrrole nitrogens is 3. The molecule has 5 heteroatoms. The summed E-state index contributed by atoms with van der Waals surface area (Å²) >= 11 is 0. The fourth-order valence-corrected chi connectivity index (χ4v) is 1.62. The smallest absolute Gasteiger partial charge is 0.306 e. The molecule has 74 valence electrons. The molecule has 3 rings (SSSR count). The van der Waals surface area contributed by atoms with E-state index in [9.17, 15) is 4.79 Å². The molecule has 0 saturated carbocycles. The molecule has 0 amide bonds. The highest BCUT2D eigenvalue weighted by molar-refractivity contribution is 5.80. The average Bonchev–Trinajstić information content (AvgIpc) is 2.82. The second-order valence-electron chi connectivity index (χ2n) is 3.31. The molecule has 0 fully saturated rings. The van der Waals surface area contributed by atoms with Crippen LogP contribution in [0.4, 0.5) is 0 Å². The monoisotopic (exact) mass is 200 g/mol. The van der Waals surface area contributed by atoms with Crippen molar-refractivity contribution in [2.75, 3.05) is 0 Å². The minimum absolute atomic E-state index is 0.188. The third-order valence-electron chi connectivity index (χ3n) is 2.33. The molecule has 0 atom stereocenters. The Morgan fingerprint density at radius 1 is 1.07 bits per heavy atom. The van der Waals surface area contributed by atoms with Crippen molar-refractivity contribution in [3.05, 3.63) is 40.9 Å². The van der Waals surface area contributed by atoms with E-state index in [0.29, 0.717) is 0 Å². The first-order valence-corrected chi connectivity index (χ1v) is 4.55. The minimum Gasteiger partial charge on any atom is -0.306 e. The summed E-state index contributed by atoms with van der Waals surface area (Å²) in [5, 5.41) is 6.75. The normalized spacial score (nSPS) is 10.9. The molecular formula is C10H8N4O. The molecule has 0 unspecified atom stereocenters. The van der Waals surface area contributed by atoms with Gasteiger partial charge in [0.25, 0.3) is 0 Å². The van der Waals surface area contributed by atoms with Gasteiger partial charge in [0.2, 0.25) is 0 Å². The summed E-state index contributed by atoms with van der Waals surface area (Å²) in [6.45, 7) is 0. The Morgan fingerprint density at radius 3 is 2.73 bits per heavy atom. The highest BCUT2D eigenvalue weighted by atomic mass is 16.1. The van der Waals surface area contributed by atoms with Crippen LogP contribution < -0.4 is 5.69 Å². The third-order valence-corrected chi connectivity index (χ3v) is 2.33. The van der Waals surface area contributed by atoms with E-state index in [1.54, 1.807) is 6.20 Å². The molecule has 0 aliphatic rings. The van der Waals surface area contributed by atoms with Crippen molar-refractivity contribution in [2.45, 2.75) is 0 Å². The van der Waals surface area contributed by atoms with Crippen LogP contribution in [0.25, 0.3) is 22.3 Å². The first kappa shape index (κ1) is 8.05. The summed E-state index contributed by atoms with van der Waals surface area (Å²) in [5.41, 5.74) is 3.34. The number of fused-ring (bicyclic) bond motifs is 1. The summed E-state index contributed by atoms with van der Waals surface area (Å²) in [6, 6.07) is 7.58. The Balaban J connectivity index is 2.26. The zero-order valence-corrected chi connectivity index (χ0v) is 7.74. The maximum absolute atomic E-state index is 11.1. The van der Waals surface area contributed by atoms with Gasteiger partial charge in [0.1, 0.15) is 0 Å². The average molecular weight is 200 g/mol. The van der Waals surface area contributed by atoms with E-state index < -0.39 is 0 Å². The third kappa shape index (κ3) is 1.25. The second kappa shape index (κ2) is 2.84. The van der Waals surface area contributed by atoms with Gasteiger partial charge < -0.3 is 9.97 Å². The van der Waals surface area contributed by atoms with Crippen molar-refractivity contribution in [2.24, 2.45) is 0 Å². The zero-order valence-electron chi connectivity index (χ0n) is 7.74. The number of aromatic amines is 3. The molecule has 0 saturated heterocycles. The molecule has 0 bridgehead atoms. The number of benzene rings is 1. The Morgan fingerprint density at radius 2 is 1.93 bits per heavy atom. The Bertz CT molecular complexity index is 647. The number of nitrogens with zero attached hydrogens (tertiary/aromatic N) is 1. The molecule has 0 aliphatic heterocycles. The molecule has 0 radical (unpaired) electrons. The molecule has 3 aromatic rings. The lowest BCUT2D eigenvalue weighted by Crippen LogP contribution is -1.99. The van der Waals surface area contributed by atoms with Gasteiger partial charge in [-0.2, -0.15) is 5.10 Å². The maximum Gasteiger partial charge on any atom is 0.323 e. The second-order valence-corrected chi connectivity index (χ2v) is 3.31. The van der Waals surface area contributed by atoms with E-state index in [2.05, 4.69) is 20.2 Å². The Hall–Kier alpha value is -2.30. The molecular weight excluding hydrogens is 192 g/mol. The lowest BCUT2D eigenvalue weighted by Gasteiger charge is -1.96. The van der Waals surface area contributed by atoms with E-state index >= 15 is 0 Å². The van der Waals surface area contributed by atoms with E-state index in [1.807, 2.05) is 24.3 Å². The lowest BCUT2D eigenvalue weighted by molar-refractivity contribution is 1.10. The van der Waals surface area contributed by atoms with Crippen LogP contribution in [-0.4, -0.2) is 20.2 Å². The van der Waals surface area contributed by atoms with Gasteiger partial charge in [0.15, 0.2) is 0 Å². The largest absolute Gasteiger partial charge is 0.323 e. The first-order chi connectivity index (χ1) is 7.33. The Labute approximate surface area is 84.2 Å². The van der Waals surface area contributed by atoms with Gasteiger partial charge in [-0.05, 0) is 18.2 Å². The zero-order chi connectivity index (χ0) is 10.3. The van der Waals surface area contributed by atoms with Crippen LogP contribution in [0, 0.1) is 0 Å². The number of hydrogen-bond acceptors (Lipinski definition) is 2. The number of nitrogens with one attached hydrogen (secondary N) is 3. The van der Waals surface area contributed by atoms with Gasteiger partial charge in [0.05, 0.1) is 16.7 Å². The first-order valence-electron chi connectivity index (χ1n) is 4.55. The van der Waals surface area contributed by atoms with Gasteiger partial charge in [-0.25, -0.2) is 4.79 Å². The van der Waals surface area contributed by atoms with Crippen LogP contribution in [0.5, 0.6) is 0 Å². The molecule has 15 heavy (non-hydrogen) atoms.